The van der Waals surface area contributed by atoms with Gasteiger partial charge in [0.15, 0.2) is 0 Å². The Balaban J connectivity index is 1.62. The van der Waals surface area contributed by atoms with E-state index in [1.54, 1.807) is 0 Å². The topological polar surface area (TPSA) is 0 Å². The molecule has 0 aromatic heterocycles. The Labute approximate surface area is 201 Å². The molecule has 0 amide bonds. The third-order valence-corrected chi connectivity index (χ3v) is 8.03. The van der Waals surface area contributed by atoms with Crippen molar-refractivity contribution in [3.63, 3.8) is 0 Å². The van der Waals surface area contributed by atoms with Crippen molar-refractivity contribution >= 4 is 0 Å². The Kier molecular flexibility index (Phi) is 3.92. The first kappa shape index (κ1) is 19.6. The summed E-state index contributed by atoms with van der Waals surface area (Å²) in [6, 6.07) is 38.8. The minimum atomic E-state index is -0.260. The van der Waals surface area contributed by atoms with Crippen LogP contribution in [-0.4, -0.2) is 0 Å². The van der Waals surface area contributed by atoms with Crippen molar-refractivity contribution in [2.24, 2.45) is 0 Å². The lowest BCUT2D eigenvalue weighted by Crippen LogP contribution is -2.25. The summed E-state index contributed by atoms with van der Waals surface area (Å²) in [5, 5.41) is 0. The largest absolute Gasteiger partial charge is 0.0725 e. The van der Waals surface area contributed by atoms with Gasteiger partial charge >= 0.3 is 0 Å². The van der Waals surface area contributed by atoms with E-state index in [9.17, 15) is 0 Å². The van der Waals surface area contributed by atoms with E-state index in [-0.39, 0.29) is 5.41 Å². The summed E-state index contributed by atoms with van der Waals surface area (Å²) in [5.41, 5.74) is 17.4. The standard InChI is InChI=1S/C34H26/c1-21-16-17-22(2)27(18-21)28-20-29-26-12-6-9-15-32(26)34(33(29)19-23(28)3)30-13-7-4-10-24(30)25-11-5-8-14-31(25)34/h4-20H,1-3H3. The van der Waals surface area contributed by atoms with Crippen LogP contribution in [0.1, 0.15) is 38.9 Å². The molecule has 0 saturated carbocycles. The molecule has 0 radical (unpaired) electrons. The Hall–Kier alpha value is -3.90. The van der Waals surface area contributed by atoms with Gasteiger partial charge in [-0.2, -0.15) is 0 Å². The second-order valence-corrected chi connectivity index (χ2v) is 9.92. The SMILES string of the molecule is Cc1ccc(C)c(-c2cc3c(cc2C)C2(c4ccccc4-c4ccccc42)c2ccccc2-3)c1. The molecule has 0 N–H and O–H groups in total. The summed E-state index contributed by atoms with van der Waals surface area (Å²) in [6.07, 6.45) is 0. The van der Waals surface area contributed by atoms with Crippen LogP contribution in [0.5, 0.6) is 0 Å². The maximum absolute atomic E-state index is 2.48. The number of fused-ring (bicyclic) bond motifs is 10. The average molecular weight is 435 g/mol. The van der Waals surface area contributed by atoms with Gasteiger partial charge in [0.25, 0.3) is 0 Å². The average Bonchev–Trinajstić information content (AvgIpc) is 3.32. The highest BCUT2D eigenvalue weighted by molar-refractivity contribution is 5.96. The Morgan fingerprint density at radius 3 is 1.47 bits per heavy atom. The molecule has 0 aliphatic heterocycles. The second-order valence-electron chi connectivity index (χ2n) is 9.92. The highest BCUT2D eigenvalue weighted by Crippen LogP contribution is 2.63. The number of rotatable bonds is 1. The first-order chi connectivity index (χ1) is 16.6. The van der Waals surface area contributed by atoms with Crippen molar-refractivity contribution in [1.82, 2.24) is 0 Å². The molecule has 1 spiro atoms. The molecule has 162 valence electrons. The van der Waals surface area contributed by atoms with Gasteiger partial charge in [-0.1, -0.05) is 103 Å². The van der Waals surface area contributed by atoms with Crippen LogP contribution in [0.25, 0.3) is 33.4 Å². The van der Waals surface area contributed by atoms with Crippen molar-refractivity contribution < 1.29 is 0 Å². The third-order valence-electron chi connectivity index (χ3n) is 8.03. The molecule has 0 atom stereocenters. The molecule has 7 rings (SSSR count). The van der Waals surface area contributed by atoms with E-state index in [0.717, 1.165) is 0 Å². The zero-order valence-corrected chi connectivity index (χ0v) is 19.8. The van der Waals surface area contributed by atoms with Gasteiger partial charge in [-0.05, 0) is 93.6 Å². The van der Waals surface area contributed by atoms with Gasteiger partial charge in [0, 0.05) is 0 Å². The van der Waals surface area contributed by atoms with Crippen LogP contribution in [-0.2, 0) is 5.41 Å². The zero-order chi connectivity index (χ0) is 23.0. The molecule has 2 aliphatic rings. The summed E-state index contributed by atoms with van der Waals surface area (Å²) in [5.74, 6) is 0. The van der Waals surface area contributed by atoms with Crippen molar-refractivity contribution in [3.8, 4) is 33.4 Å². The highest BCUT2D eigenvalue weighted by Gasteiger charge is 2.51. The van der Waals surface area contributed by atoms with Gasteiger partial charge in [0.1, 0.15) is 0 Å². The Bertz CT molecular complexity index is 1590. The van der Waals surface area contributed by atoms with Gasteiger partial charge in [-0.3, -0.25) is 0 Å². The molecule has 0 bridgehead atoms. The van der Waals surface area contributed by atoms with Crippen LogP contribution < -0.4 is 0 Å². The Morgan fingerprint density at radius 1 is 0.382 bits per heavy atom. The predicted molar refractivity (Wildman–Crippen MR) is 142 cm³/mol. The molecule has 0 fully saturated rings. The van der Waals surface area contributed by atoms with Crippen molar-refractivity contribution in [2.75, 3.05) is 0 Å². The molecule has 34 heavy (non-hydrogen) atoms. The van der Waals surface area contributed by atoms with E-state index >= 15 is 0 Å². The monoisotopic (exact) mass is 434 g/mol. The molecule has 2 aliphatic carbocycles. The first-order valence-corrected chi connectivity index (χ1v) is 12.1. The minimum Gasteiger partial charge on any atom is -0.0619 e. The van der Waals surface area contributed by atoms with Crippen molar-refractivity contribution in [2.45, 2.75) is 26.2 Å². The third kappa shape index (κ3) is 2.33. The smallest absolute Gasteiger partial charge is 0.0619 e. The van der Waals surface area contributed by atoms with Crippen LogP contribution >= 0.6 is 0 Å². The van der Waals surface area contributed by atoms with Crippen LogP contribution in [0.3, 0.4) is 0 Å². The summed E-state index contributed by atoms with van der Waals surface area (Å²) in [6.45, 7) is 6.68. The lowest BCUT2D eigenvalue weighted by atomic mass is 9.70. The van der Waals surface area contributed by atoms with Crippen LogP contribution in [0.15, 0.2) is 103 Å². The van der Waals surface area contributed by atoms with Crippen molar-refractivity contribution in [3.05, 3.63) is 142 Å². The predicted octanol–water partition coefficient (Wildman–Crippen LogP) is 8.62. The summed E-state index contributed by atoms with van der Waals surface area (Å²) in [7, 11) is 0. The minimum absolute atomic E-state index is 0.260. The molecule has 5 aromatic carbocycles. The highest BCUT2D eigenvalue weighted by atomic mass is 14.5. The molecule has 0 saturated heterocycles. The zero-order valence-electron chi connectivity index (χ0n) is 19.8. The van der Waals surface area contributed by atoms with E-state index in [1.165, 1.54) is 72.3 Å². The summed E-state index contributed by atoms with van der Waals surface area (Å²) >= 11 is 0. The maximum Gasteiger partial charge on any atom is 0.0725 e. The molecule has 0 unspecified atom stereocenters. The number of hydrogen-bond acceptors (Lipinski definition) is 0. The van der Waals surface area contributed by atoms with Gasteiger partial charge in [-0.25, -0.2) is 0 Å². The van der Waals surface area contributed by atoms with Crippen molar-refractivity contribution in [1.29, 1.82) is 0 Å². The second kappa shape index (κ2) is 6.81. The quantitative estimate of drug-likeness (QED) is 0.243. The van der Waals surface area contributed by atoms with E-state index in [1.807, 2.05) is 0 Å². The van der Waals surface area contributed by atoms with E-state index < -0.39 is 0 Å². The van der Waals surface area contributed by atoms with E-state index in [0.29, 0.717) is 0 Å². The van der Waals surface area contributed by atoms with Crippen LogP contribution in [0.4, 0.5) is 0 Å². The van der Waals surface area contributed by atoms with Gasteiger partial charge in [-0.15, -0.1) is 0 Å². The molecular weight excluding hydrogens is 408 g/mol. The normalized spacial score (nSPS) is 14.0. The summed E-state index contributed by atoms with van der Waals surface area (Å²) in [4.78, 5) is 0. The molecule has 5 aromatic rings. The number of hydrogen-bond donors (Lipinski definition) is 0. The van der Waals surface area contributed by atoms with Gasteiger partial charge in [0.2, 0.25) is 0 Å². The molecule has 0 nitrogen and oxygen atoms in total. The fourth-order valence-corrected chi connectivity index (χ4v) is 6.56. The van der Waals surface area contributed by atoms with Gasteiger partial charge < -0.3 is 0 Å². The molecule has 0 heterocycles. The fourth-order valence-electron chi connectivity index (χ4n) is 6.56. The van der Waals surface area contributed by atoms with E-state index in [4.69, 9.17) is 0 Å². The summed E-state index contributed by atoms with van der Waals surface area (Å²) < 4.78 is 0. The van der Waals surface area contributed by atoms with E-state index in [2.05, 4.69) is 124 Å². The lowest BCUT2D eigenvalue weighted by Gasteiger charge is -2.31. The first-order valence-electron chi connectivity index (χ1n) is 12.1. The fraction of sp³-hybridized carbons (Fsp3) is 0.118. The Morgan fingerprint density at radius 2 is 0.882 bits per heavy atom. The van der Waals surface area contributed by atoms with Gasteiger partial charge in [0.05, 0.1) is 5.41 Å². The van der Waals surface area contributed by atoms with Crippen LogP contribution in [0.2, 0.25) is 0 Å². The number of benzene rings is 5. The molecular formula is C34H26. The lowest BCUT2D eigenvalue weighted by molar-refractivity contribution is 0.793. The van der Waals surface area contributed by atoms with Crippen LogP contribution in [0, 0.1) is 20.8 Å². The number of aryl methyl sites for hydroxylation is 3. The maximum atomic E-state index is 2.48. The molecule has 0 heteroatoms.